The number of hydrogen-bond acceptors (Lipinski definition) is 7. The number of aliphatic carboxylic acids is 1. The number of unbranched alkanes of at least 4 members (excludes halogenated alkanes) is 38. The first-order valence-electron chi connectivity index (χ1n) is 39.7. The molecule has 1 N–H and O–H groups in total. The summed E-state index contributed by atoms with van der Waals surface area (Å²) in [4.78, 5) is 37.7. The Hall–Kier alpha value is -4.31. The van der Waals surface area contributed by atoms with Crippen LogP contribution in [0.2, 0.25) is 0 Å². The van der Waals surface area contributed by atoms with Crippen LogP contribution >= 0.6 is 0 Å². The SMILES string of the molecule is CC/C=C\C/C=C\C/C=C\C/C=C\C/C=C\C/C=C\CCCCCCCCCCCCCCCCC(=O)OC(COC(=O)CCCCCCCCCCCCCCCCCCCCCCCCCC/C=C\C/C=C\C/C=C\C/C=C\CC)COC(OCC[N+](C)(C)C)C(=O)O. The molecule has 0 aromatic heterocycles. The quantitative estimate of drug-likeness (QED) is 0.0211. The summed E-state index contributed by atoms with van der Waals surface area (Å²) in [5, 5.41) is 9.77. The second-order valence-corrected chi connectivity index (χ2v) is 27.6. The van der Waals surface area contributed by atoms with Crippen molar-refractivity contribution in [3.05, 3.63) is 122 Å². The number of hydrogen-bond donors (Lipinski definition) is 1. The minimum Gasteiger partial charge on any atom is -0.477 e. The zero-order valence-corrected chi connectivity index (χ0v) is 62.6. The smallest absolute Gasteiger partial charge is 0.361 e. The number of carbonyl (C=O) groups excluding carboxylic acids is 2. The molecule has 95 heavy (non-hydrogen) atoms. The highest BCUT2D eigenvalue weighted by Crippen LogP contribution is 2.19. The predicted octanol–water partition coefficient (Wildman–Crippen LogP) is 25.5. The maximum absolute atomic E-state index is 13.0. The molecule has 546 valence electrons. The Morgan fingerprint density at radius 1 is 0.316 bits per heavy atom. The van der Waals surface area contributed by atoms with E-state index < -0.39 is 24.3 Å². The molecule has 0 heterocycles. The first-order chi connectivity index (χ1) is 46.6. The molecule has 9 heteroatoms. The number of carbonyl (C=O) groups is 3. The third-order valence-corrected chi connectivity index (χ3v) is 17.2. The van der Waals surface area contributed by atoms with Crippen LogP contribution in [-0.2, 0) is 33.3 Å². The van der Waals surface area contributed by atoms with Crippen molar-refractivity contribution in [1.82, 2.24) is 0 Å². The summed E-state index contributed by atoms with van der Waals surface area (Å²) in [5.41, 5.74) is 0. The van der Waals surface area contributed by atoms with E-state index in [4.69, 9.17) is 18.9 Å². The molecule has 0 saturated carbocycles. The average Bonchev–Trinajstić information content (AvgIpc) is 3.75. The molecule has 0 aliphatic heterocycles. The van der Waals surface area contributed by atoms with Crippen LogP contribution in [0, 0.1) is 0 Å². The van der Waals surface area contributed by atoms with Crippen LogP contribution in [0.4, 0.5) is 0 Å². The highest BCUT2D eigenvalue weighted by atomic mass is 16.7. The summed E-state index contributed by atoms with van der Waals surface area (Å²) >= 11 is 0. The molecule has 0 rings (SSSR count). The number of carboxylic acids is 1. The summed E-state index contributed by atoms with van der Waals surface area (Å²) in [5.74, 6) is -1.99. The monoisotopic (exact) mass is 1330 g/mol. The van der Waals surface area contributed by atoms with Crippen molar-refractivity contribution in [3.8, 4) is 0 Å². The molecule has 2 unspecified atom stereocenters. The van der Waals surface area contributed by atoms with Crippen molar-refractivity contribution in [3.63, 3.8) is 0 Å². The first kappa shape index (κ1) is 90.7. The Kier molecular flexibility index (Phi) is 72.0. The molecule has 0 amide bonds. The zero-order valence-electron chi connectivity index (χ0n) is 62.6. The van der Waals surface area contributed by atoms with Crippen molar-refractivity contribution in [2.75, 3.05) is 47.5 Å². The maximum Gasteiger partial charge on any atom is 0.361 e. The second-order valence-electron chi connectivity index (χ2n) is 27.6. The number of nitrogens with zero attached hydrogens (tertiary/aromatic N) is 1. The molecular formula is C86H150NO8+. The van der Waals surface area contributed by atoms with E-state index in [1.54, 1.807) is 0 Å². The number of esters is 2. The van der Waals surface area contributed by atoms with Crippen molar-refractivity contribution >= 4 is 17.9 Å². The number of rotatable bonds is 73. The van der Waals surface area contributed by atoms with Gasteiger partial charge in [0.25, 0.3) is 6.29 Å². The highest BCUT2D eigenvalue weighted by Gasteiger charge is 2.25. The van der Waals surface area contributed by atoms with Gasteiger partial charge in [-0.2, -0.15) is 0 Å². The molecule has 0 bridgehead atoms. The molecule has 0 aliphatic carbocycles. The van der Waals surface area contributed by atoms with E-state index in [0.29, 0.717) is 17.4 Å². The largest absolute Gasteiger partial charge is 0.477 e. The van der Waals surface area contributed by atoms with E-state index in [1.165, 1.54) is 218 Å². The van der Waals surface area contributed by atoms with Crippen molar-refractivity contribution in [2.45, 2.75) is 360 Å². The minimum atomic E-state index is -1.52. The topological polar surface area (TPSA) is 108 Å². The van der Waals surface area contributed by atoms with Crippen molar-refractivity contribution < 1.29 is 42.9 Å². The lowest BCUT2D eigenvalue weighted by molar-refractivity contribution is -0.870. The molecule has 0 fully saturated rings. The van der Waals surface area contributed by atoms with Gasteiger partial charge in [0.05, 0.1) is 34.4 Å². The van der Waals surface area contributed by atoms with Gasteiger partial charge in [-0.05, 0) is 103 Å². The highest BCUT2D eigenvalue weighted by molar-refractivity contribution is 5.71. The number of ether oxygens (including phenoxy) is 4. The fourth-order valence-corrected chi connectivity index (χ4v) is 11.2. The van der Waals surface area contributed by atoms with E-state index in [0.717, 1.165) is 103 Å². The van der Waals surface area contributed by atoms with Gasteiger partial charge < -0.3 is 28.5 Å². The van der Waals surface area contributed by atoms with Gasteiger partial charge in [-0.1, -0.05) is 354 Å². The van der Waals surface area contributed by atoms with Crippen LogP contribution in [0.15, 0.2) is 122 Å². The summed E-state index contributed by atoms with van der Waals surface area (Å²) in [6.07, 6.45) is 105. The lowest BCUT2D eigenvalue weighted by atomic mass is 10.0. The normalized spacial score (nSPS) is 13.3. The summed E-state index contributed by atoms with van der Waals surface area (Å²) < 4.78 is 23.1. The minimum absolute atomic E-state index is 0.183. The predicted molar refractivity (Wildman–Crippen MR) is 410 cm³/mol. The number of carboxylic acid groups (broad SMARTS) is 1. The summed E-state index contributed by atoms with van der Waals surface area (Å²) in [6.45, 7) is 4.69. The van der Waals surface area contributed by atoms with Gasteiger partial charge in [0.1, 0.15) is 13.2 Å². The van der Waals surface area contributed by atoms with Crippen LogP contribution in [0.5, 0.6) is 0 Å². The molecule has 0 saturated heterocycles. The van der Waals surface area contributed by atoms with Gasteiger partial charge in [0.15, 0.2) is 6.10 Å². The van der Waals surface area contributed by atoms with Crippen LogP contribution < -0.4 is 0 Å². The van der Waals surface area contributed by atoms with E-state index in [9.17, 15) is 19.5 Å². The van der Waals surface area contributed by atoms with Crippen molar-refractivity contribution in [2.24, 2.45) is 0 Å². The first-order valence-corrected chi connectivity index (χ1v) is 39.7. The van der Waals surface area contributed by atoms with Crippen LogP contribution in [0.3, 0.4) is 0 Å². The Morgan fingerprint density at radius 3 is 0.842 bits per heavy atom. The van der Waals surface area contributed by atoms with E-state index in [1.807, 2.05) is 21.1 Å². The fourth-order valence-electron chi connectivity index (χ4n) is 11.2. The Morgan fingerprint density at radius 2 is 0.568 bits per heavy atom. The second kappa shape index (κ2) is 75.5. The van der Waals surface area contributed by atoms with Crippen molar-refractivity contribution in [1.29, 1.82) is 0 Å². The van der Waals surface area contributed by atoms with Gasteiger partial charge in [-0.15, -0.1) is 0 Å². The molecule has 0 aliphatic rings. The molecule has 0 radical (unpaired) electrons. The zero-order chi connectivity index (χ0) is 69.0. The molecule has 9 nitrogen and oxygen atoms in total. The third kappa shape index (κ3) is 76.9. The average molecular weight is 1330 g/mol. The Bertz CT molecular complexity index is 1980. The molecule has 0 aromatic carbocycles. The van der Waals surface area contributed by atoms with Gasteiger partial charge in [-0.3, -0.25) is 9.59 Å². The fraction of sp³-hybridized carbons (Fsp3) is 0.733. The molecule has 0 aromatic rings. The Labute approximate surface area is 587 Å². The number of quaternary nitrogens is 1. The number of allylic oxidation sites excluding steroid dienone is 20. The third-order valence-electron chi connectivity index (χ3n) is 17.2. The van der Waals surface area contributed by atoms with Gasteiger partial charge >= 0.3 is 17.9 Å². The molecular weight excluding hydrogens is 1170 g/mol. The van der Waals surface area contributed by atoms with Crippen LogP contribution in [0.1, 0.15) is 348 Å². The lowest BCUT2D eigenvalue weighted by Crippen LogP contribution is -2.40. The number of likely N-dealkylation sites (N-methyl/N-ethyl adjacent to an activating group) is 1. The maximum atomic E-state index is 13.0. The molecule has 2 atom stereocenters. The van der Waals surface area contributed by atoms with Crippen LogP contribution in [-0.4, -0.2) is 87.4 Å². The van der Waals surface area contributed by atoms with E-state index >= 15 is 0 Å². The van der Waals surface area contributed by atoms with Gasteiger partial charge in [0, 0.05) is 12.8 Å². The van der Waals surface area contributed by atoms with E-state index in [-0.39, 0.29) is 32.2 Å². The molecule has 0 spiro atoms. The summed E-state index contributed by atoms with van der Waals surface area (Å²) in [6, 6.07) is 0. The van der Waals surface area contributed by atoms with Gasteiger partial charge in [-0.25, -0.2) is 4.79 Å². The standard InChI is InChI=1S/C86H149NO8/c1-6-8-10-12-14-16-18-20-22-24-26-28-30-32-34-36-38-40-41-42-43-45-46-48-50-52-54-56-58-60-62-64-66-68-70-72-74-76-83(88)93-80-82(81-94-86(85(90)91)92-79-78-87(3,4)5)95-84(89)77-75-73-71-69-67-65-63-61-59-57-55-53-51-49-47-44-39-37-35-33-31-29-27-25-23-21-19-17-15-13-11-9-7-2/h8-11,14-17,20-23,26-29,33,35,39,44,82,86H,6-7,12-13,18-19,24-25,30-32,34,36-38,40-43,45-81H2,1-5H3/p+1/b10-8-,11-9-,16-14-,17-15-,22-20-,23-21-,28-26-,29-27-,35-33-,44-39-. The Balaban J connectivity index is 4.01. The van der Waals surface area contributed by atoms with Crippen LogP contribution in [0.25, 0.3) is 0 Å². The van der Waals surface area contributed by atoms with E-state index in [2.05, 4.69) is 135 Å². The lowest BCUT2D eigenvalue weighted by Gasteiger charge is -2.25. The summed E-state index contributed by atoms with van der Waals surface area (Å²) in [7, 11) is 5.99. The van der Waals surface area contributed by atoms with Gasteiger partial charge in [0.2, 0.25) is 0 Å².